The molecule has 148 valence electrons. The highest BCUT2D eigenvalue weighted by Crippen LogP contribution is 2.40. The molecule has 4 aromatic heterocycles. The van der Waals surface area contributed by atoms with Crippen molar-refractivity contribution in [2.75, 3.05) is 11.9 Å². The SMILES string of the molecule is Cc1cc(C)n(CCCNc2nc(-c3cccnc3)nc3sc4c(c23)CCC4)n1. The van der Waals surface area contributed by atoms with Crippen LogP contribution in [-0.4, -0.2) is 31.3 Å². The van der Waals surface area contributed by atoms with Gasteiger partial charge in [0.15, 0.2) is 5.82 Å². The number of pyridine rings is 1. The minimum absolute atomic E-state index is 0.742. The fourth-order valence-corrected chi connectivity index (χ4v) is 5.35. The van der Waals surface area contributed by atoms with E-state index in [1.54, 1.807) is 6.20 Å². The van der Waals surface area contributed by atoms with E-state index in [0.29, 0.717) is 0 Å². The number of aromatic nitrogens is 5. The quantitative estimate of drug-likeness (QED) is 0.477. The first-order valence-electron chi connectivity index (χ1n) is 10.2. The van der Waals surface area contributed by atoms with Gasteiger partial charge in [-0.05, 0) is 63.3 Å². The van der Waals surface area contributed by atoms with E-state index in [1.807, 2.05) is 36.6 Å². The molecule has 4 heterocycles. The molecule has 0 atom stereocenters. The molecule has 0 aliphatic heterocycles. The molecule has 1 aliphatic carbocycles. The van der Waals surface area contributed by atoms with Crippen LogP contribution in [0.1, 0.15) is 34.7 Å². The summed E-state index contributed by atoms with van der Waals surface area (Å²) in [4.78, 5) is 16.6. The Hall–Kier alpha value is -2.80. The molecule has 4 aromatic rings. The number of thiophene rings is 1. The second-order valence-electron chi connectivity index (χ2n) is 7.61. The van der Waals surface area contributed by atoms with E-state index in [2.05, 4.69) is 33.1 Å². The number of nitrogens with one attached hydrogen (secondary N) is 1. The van der Waals surface area contributed by atoms with Crippen molar-refractivity contribution < 1.29 is 0 Å². The molecule has 0 saturated carbocycles. The maximum atomic E-state index is 4.91. The van der Waals surface area contributed by atoms with Crippen LogP contribution < -0.4 is 5.32 Å². The second-order valence-corrected chi connectivity index (χ2v) is 8.69. The Kier molecular flexibility index (Phi) is 4.75. The summed E-state index contributed by atoms with van der Waals surface area (Å²) >= 11 is 1.82. The summed E-state index contributed by atoms with van der Waals surface area (Å²) in [5, 5.41) is 9.38. The maximum absolute atomic E-state index is 4.91. The van der Waals surface area contributed by atoms with E-state index in [9.17, 15) is 0 Å². The van der Waals surface area contributed by atoms with Crippen LogP contribution >= 0.6 is 11.3 Å². The van der Waals surface area contributed by atoms with E-state index < -0.39 is 0 Å². The van der Waals surface area contributed by atoms with Crippen LogP contribution in [0.4, 0.5) is 5.82 Å². The van der Waals surface area contributed by atoms with Crippen LogP contribution in [0.25, 0.3) is 21.6 Å². The van der Waals surface area contributed by atoms with Crippen LogP contribution in [0.3, 0.4) is 0 Å². The number of rotatable bonds is 6. The van der Waals surface area contributed by atoms with Gasteiger partial charge < -0.3 is 5.32 Å². The monoisotopic (exact) mass is 404 g/mol. The zero-order chi connectivity index (χ0) is 19.8. The average Bonchev–Trinajstić information content (AvgIpc) is 3.39. The van der Waals surface area contributed by atoms with E-state index in [-0.39, 0.29) is 0 Å². The average molecular weight is 405 g/mol. The predicted octanol–water partition coefficient (Wildman–Crippen LogP) is 4.56. The smallest absolute Gasteiger partial charge is 0.164 e. The number of hydrogen-bond acceptors (Lipinski definition) is 6. The van der Waals surface area contributed by atoms with Crippen LogP contribution in [0.5, 0.6) is 0 Å². The Balaban J connectivity index is 1.42. The summed E-state index contributed by atoms with van der Waals surface area (Å²) in [6.07, 6.45) is 8.12. The molecule has 5 rings (SSSR count). The fraction of sp³-hybridized carbons (Fsp3) is 0.364. The lowest BCUT2D eigenvalue weighted by Crippen LogP contribution is -2.10. The van der Waals surface area contributed by atoms with Gasteiger partial charge in [-0.2, -0.15) is 5.10 Å². The molecular formula is C22H24N6S. The number of anilines is 1. The van der Waals surface area contributed by atoms with Crippen LogP contribution in [0.2, 0.25) is 0 Å². The van der Waals surface area contributed by atoms with Crippen molar-refractivity contribution >= 4 is 27.4 Å². The Morgan fingerprint density at radius 3 is 2.93 bits per heavy atom. The first kappa shape index (κ1) is 18.2. The summed E-state index contributed by atoms with van der Waals surface area (Å²) in [5.41, 5.74) is 4.68. The van der Waals surface area contributed by atoms with Crippen molar-refractivity contribution in [3.05, 3.63) is 52.4 Å². The molecule has 0 spiro atoms. The van der Waals surface area contributed by atoms with Gasteiger partial charge in [0.25, 0.3) is 0 Å². The van der Waals surface area contributed by atoms with Crippen LogP contribution in [0.15, 0.2) is 30.6 Å². The topological polar surface area (TPSA) is 68.5 Å². The molecule has 0 saturated heterocycles. The van der Waals surface area contributed by atoms with E-state index >= 15 is 0 Å². The van der Waals surface area contributed by atoms with Gasteiger partial charge in [-0.15, -0.1) is 11.3 Å². The fourth-order valence-electron chi connectivity index (χ4n) is 4.08. The molecule has 0 amide bonds. The number of fused-ring (bicyclic) bond motifs is 3. The molecule has 29 heavy (non-hydrogen) atoms. The summed E-state index contributed by atoms with van der Waals surface area (Å²) in [6, 6.07) is 6.07. The lowest BCUT2D eigenvalue weighted by molar-refractivity contribution is 0.573. The predicted molar refractivity (Wildman–Crippen MR) is 117 cm³/mol. The maximum Gasteiger partial charge on any atom is 0.164 e. The standard InChI is InChI=1S/C22H24N6S/c1-14-12-15(2)28(27-14)11-5-10-24-21-19-17-7-3-8-18(17)29-22(19)26-20(25-21)16-6-4-9-23-13-16/h4,6,9,12-13H,3,5,7-8,10-11H2,1-2H3,(H,24,25,26). The number of nitrogens with zero attached hydrogens (tertiary/aromatic N) is 5. The summed E-state index contributed by atoms with van der Waals surface area (Å²) < 4.78 is 2.08. The minimum Gasteiger partial charge on any atom is -0.369 e. The van der Waals surface area contributed by atoms with Crippen molar-refractivity contribution in [3.63, 3.8) is 0 Å². The Morgan fingerprint density at radius 2 is 2.14 bits per heavy atom. The van der Waals surface area contributed by atoms with Gasteiger partial charge in [0.1, 0.15) is 10.6 Å². The van der Waals surface area contributed by atoms with Crippen molar-refractivity contribution in [1.82, 2.24) is 24.7 Å². The molecule has 1 aliphatic rings. The van der Waals surface area contributed by atoms with Crippen LogP contribution in [0, 0.1) is 13.8 Å². The normalized spacial score (nSPS) is 13.2. The molecular weight excluding hydrogens is 380 g/mol. The lowest BCUT2D eigenvalue weighted by atomic mass is 10.1. The molecule has 0 unspecified atom stereocenters. The largest absolute Gasteiger partial charge is 0.369 e. The van der Waals surface area contributed by atoms with Crippen molar-refractivity contribution in [2.45, 2.75) is 46.1 Å². The highest BCUT2D eigenvalue weighted by Gasteiger charge is 2.22. The number of aryl methyl sites for hydroxylation is 5. The van der Waals surface area contributed by atoms with Gasteiger partial charge in [-0.1, -0.05) is 0 Å². The highest BCUT2D eigenvalue weighted by molar-refractivity contribution is 7.19. The molecule has 6 nitrogen and oxygen atoms in total. The van der Waals surface area contributed by atoms with Crippen molar-refractivity contribution in [1.29, 1.82) is 0 Å². The first-order valence-corrected chi connectivity index (χ1v) is 11.0. The molecule has 0 aromatic carbocycles. The third-order valence-corrected chi connectivity index (χ3v) is 6.61. The first-order chi connectivity index (χ1) is 14.2. The van der Waals surface area contributed by atoms with Gasteiger partial charge in [-0.25, -0.2) is 9.97 Å². The highest BCUT2D eigenvalue weighted by atomic mass is 32.1. The second kappa shape index (κ2) is 7.55. The van der Waals surface area contributed by atoms with Gasteiger partial charge in [0, 0.05) is 41.6 Å². The zero-order valence-corrected chi connectivity index (χ0v) is 17.6. The van der Waals surface area contributed by atoms with Crippen molar-refractivity contribution in [3.8, 4) is 11.4 Å². The Labute approximate surface area is 174 Å². The van der Waals surface area contributed by atoms with Crippen LogP contribution in [-0.2, 0) is 19.4 Å². The van der Waals surface area contributed by atoms with E-state index in [4.69, 9.17) is 9.97 Å². The lowest BCUT2D eigenvalue weighted by Gasteiger charge is -2.11. The Bertz CT molecular complexity index is 1160. The third-order valence-electron chi connectivity index (χ3n) is 5.43. The molecule has 0 fully saturated rings. The molecule has 1 N–H and O–H groups in total. The van der Waals surface area contributed by atoms with Gasteiger partial charge >= 0.3 is 0 Å². The summed E-state index contributed by atoms with van der Waals surface area (Å²) in [5.74, 6) is 1.70. The third kappa shape index (κ3) is 3.51. The molecule has 7 heteroatoms. The minimum atomic E-state index is 0.742. The zero-order valence-electron chi connectivity index (χ0n) is 16.8. The molecule has 0 radical (unpaired) electrons. The van der Waals surface area contributed by atoms with Crippen molar-refractivity contribution in [2.24, 2.45) is 0 Å². The summed E-state index contributed by atoms with van der Waals surface area (Å²) in [7, 11) is 0. The Morgan fingerprint density at radius 1 is 1.21 bits per heavy atom. The van der Waals surface area contributed by atoms with Gasteiger partial charge in [0.2, 0.25) is 0 Å². The van der Waals surface area contributed by atoms with E-state index in [0.717, 1.165) is 60.1 Å². The molecule has 0 bridgehead atoms. The van der Waals surface area contributed by atoms with E-state index in [1.165, 1.54) is 27.9 Å². The van der Waals surface area contributed by atoms with Gasteiger partial charge in [0.05, 0.1) is 11.1 Å². The summed E-state index contributed by atoms with van der Waals surface area (Å²) in [6.45, 7) is 5.90. The van der Waals surface area contributed by atoms with Gasteiger partial charge in [-0.3, -0.25) is 9.67 Å². The number of hydrogen-bond donors (Lipinski definition) is 1.